The molecule has 418 valence electrons. The first-order valence-corrected chi connectivity index (χ1v) is 25.3. The summed E-state index contributed by atoms with van der Waals surface area (Å²) in [5.41, 5.74) is 0.581. The molecule has 21 nitrogen and oxygen atoms in total. The number of ketones is 1. The number of esters is 6. The smallest absolute Gasteiger partial charge is 0.357 e. The Hall–Kier alpha value is -5.42. The van der Waals surface area contributed by atoms with Gasteiger partial charge in [-0.3, -0.25) is 28.9 Å². The number of likely N-dealkylation sites (N-methyl/N-ethyl adjacent to an activating group) is 1. The lowest BCUT2D eigenvalue weighted by Crippen LogP contribution is -2.65. The molecule has 2 fully saturated rings. The number of methoxy groups -OCH3 is 3. The third-order valence-electron chi connectivity index (χ3n) is 13.5. The molecule has 4 rings (SSSR count). The van der Waals surface area contributed by atoms with Crippen molar-refractivity contribution in [3.63, 3.8) is 0 Å². The van der Waals surface area contributed by atoms with Gasteiger partial charge in [0.05, 0.1) is 44.5 Å². The molecule has 75 heavy (non-hydrogen) atoms. The number of pyridine rings is 1. The van der Waals surface area contributed by atoms with Crippen LogP contribution in [0.1, 0.15) is 98.5 Å². The number of nitrogens with zero attached hydrogens (tertiary/aromatic N) is 2. The molecule has 0 N–H and O–H groups in total. The summed E-state index contributed by atoms with van der Waals surface area (Å²) in [6.45, 7) is 14.1. The second-order valence-corrected chi connectivity index (χ2v) is 19.5. The number of hydrogen-bond acceptors (Lipinski definition) is 21. The molecule has 1 aromatic rings. The lowest BCUT2D eigenvalue weighted by atomic mass is 9.79. The maximum atomic E-state index is 14.6. The minimum atomic E-state index is -1.38. The Labute approximate surface area is 440 Å². The Morgan fingerprint density at radius 1 is 0.787 bits per heavy atom. The van der Waals surface area contributed by atoms with Gasteiger partial charge in [-0.15, -0.1) is 0 Å². The fraction of sp³-hybridized carbons (Fsp3) is 0.667. The summed E-state index contributed by atoms with van der Waals surface area (Å²) in [5, 5.41) is 0. The van der Waals surface area contributed by atoms with Gasteiger partial charge in [0.25, 0.3) is 0 Å². The largest absolute Gasteiger partial charge is 0.466 e. The van der Waals surface area contributed by atoms with E-state index in [0.717, 1.165) is 0 Å². The quantitative estimate of drug-likeness (QED) is 0.112. The van der Waals surface area contributed by atoms with E-state index in [-0.39, 0.29) is 37.3 Å². The number of aromatic nitrogens is 1. The van der Waals surface area contributed by atoms with Gasteiger partial charge in [-0.2, -0.15) is 0 Å². The van der Waals surface area contributed by atoms with Crippen LogP contribution in [0, 0.1) is 23.7 Å². The van der Waals surface area contributed by atoms with Crippen molar-refractivity contribution in [3.05, 3.63) is 66.0 Å². The minimum absolute atomic E-state index is 0.0521. The molecule has 3 aliphatic heterocycles. The monoisotopic (exact) mass is 1060 g/mol. The highest BCUT2D eigenvalue weighted by Crippen LogP contribution is 2.38. The average molecular weight is 1060 g/mol. The van der Waals surface area contributed by atoms with Crippen LogP contribution in [0.25, 0.3) is 0 Å². The molecule has 0 unspecified atom stereocenters. The average Bonchev–Trinajstić information content (AvgIpc) is 3.35. The lowest BCUT2D eigenvalue weighted by Gasteiger charge is -2.48. The molecule has 2 saturated heterocycles. The summed E-state index contributed by atoms with van der Waals surface area (Å²) in [6.07, 6.45) is -2.66. The van der Waals surface area contributed by atoms with Crippen LogP contribution in [0.15, 0.2) is 60.3 Å². The van der Waals surface area contributed by atoms with Crippen LogP contribution in [0.5, 0.6) is 0 Å². The number of allylic oxidation sites excluding steroid dienone is 4. The topological polar surface area (TPSA) is 246 Å². The van der Waals surface area contributed by atoms with Crippen molar-refractivity contribution in [2.45, 2.75) is 168 Å². The van der Waals surface area contributed by atoms with Crippen LogP contribution in [-0.2, 0) is 85.6 Å². The van der Waals surface area contributed by atoms with E-state index in [1.165, 1.54) is 66.5 Å². The lowest BCUT2D eigenvalue weighted by molar-refractivity contribution is -0.308. The van der Waals surface area contributed by atoms with E-state index in [0.29, 0.717) is 5.57 Å². The van der Waals surface area contributed by atoms with E-state index in [1.54, 1.807) is 77.9 Å². The molecule has 0 amide bonds. The summed E-state index contributed by atoms with van der Waals surface area (Å²) >= 11 is 0. The third-order valence-corrected chi connectivity index (χ3v) is 13.5. The number of hydrogen-bond donors (Lipinski definition) is 0. The second kappa shape index (κ2) is 29.8. The van der Waals surface area contributed by atoms with E-state index in [1.807, 2.05) is 13.0 Å². The Bertz CT molecular complexity index is 2170. The standard InChI is InChI=1S/C54H78N2O19/c1-15-41-38(28-67-53-51(66-14)50(65-13)48(33(6)68-53)71-35(8)58)25-29(2)22-23-40(60)30(3)26-37(19-18-21-43(61)64-12)46(31(4)42(27-44(62)73-41)74-52(63)39-20-16-17-24-55-39)75-54-49(72-36(9)59)45(56(10)11)47(32(5)69-54)70-34(7)57/h16-18,20-25,30-33,37-38,41-42,45-51,53-54H,15,19,26-28H2,1-14H3/b21-18+,23-22+,29-25+/t30-,31+,32+,33-,37+,38-,41-,42-,45-,46-,47+,48-,49+,50-,51-,53-,54-/m1/s1. The predicted octanol–water partition coefficient (Wildman–Crippen LogP) is 5.06. The number of carbonyl (C=O) groups excluding carboxylic acids is 7. The van der Waals surface area contributed by atoms with Gasteiger partial charge in [0.2, 0.25) is 0 Å². The van der Waals surface area contributed by atoms with Gasteiger partial charge in [0, 0.05) is 65.0 Å². The van der Waals surface area contributed by atoms with Gasteiger partial charge < -0.3 is 56.8 Å². The van der Waals surface area contributed by atoms with Crippen LogP contribution in [0.3, 0.4) is 0 Å². The van der Waals surface area contributed by atoms with Crippen molar-refractivity contribution in [2.75, 3.05) is 42.0 Å². The molecular weight excluding hydrogens is 981 g/mol. The highest BCUT2D eigenvalue weighted by molar-refractivity contribution is 5.92. The molecule has 1 aromatic heterocycles. The van der Waals surface area contributed by atoms with Crippen molar-refractivity contribution in [1.29, 1.82) is 0 Å². The Morgan fingerprint density at radius 2 is 1.41 bits per heavy atom. The van der Waals surface area contributed by atoms with Crippen LogP contribution in [-0.4, -0.2) is 173 Å². The highest BCUT2D eigenvalue weighted by Gasteiger charge is 2.52. The zero-order valence-corrected chi connectivity index (χ0v) is 45.7. The minimum Gasteiger partial charge on any atom is -0.466 e. The SMILES string of the molecule is CC[C@H]1OC(=O)C[C@@H](OC(=O)c2ccccn2)[C@H](C)[C@@H](O[C@H]2O[C@@H](C)[C@H](OC(C)=O)[C@@H](N(C)C)[C@@H]2OC(C)=O)[C@@H](C/C=C/C(=O)OC)C[C@@H](C)C(=O)/C=C/C(C)=C/[C@@H]1CO[C@@H]1O[C@H](C)[C@@H](OC(C)=O)[C@@H](OC)[C@H]1OC. The fourth-order valence-corrected chi connectivity index (χ4v) is 9.82. The molecule has 0 aromatic carbocycles. The van der Waals surface area contributed by atoms with Crippen molar-refractivity contribution in [3.8, 4) is 0 Å². The van der Waals surface area contributed by atoms with Crippen molar-refractivity contribution in [2.24, 2.45) is 23.7 Å². The summed E-state index contributed by atoms with van der Waals surface area (Å²) in [5.74, 6) is -7.36. The van der Waals surface area contributed by atoms with E-state index >= 15 is 0 Å². The van der Waals surface area contributed by atoms with Crippen molar-refractivity contribution < 1.29 is 90.4 Å². The summed E-state index contributed by atoms with van der Waals surface area (Å²) in [6, 6.07) is 3.88. The van der Waals surface area contributed by atoms with Crippen LogP contribution in [0.4, 0.5) is 0 Å². The first kappa shape index (κ1) is 62.1. The van der Waals surface area contributed by atoms with E-state index in [9.17, 15) is 33.6 Å². The van der Waals surface area contributed by atoms with Crippen LogP contribution >= 0.6 is 0 Å². The van der Waals surface area contributed by atoms with Crippen LogP contribution < -0.4 is 0 Å². The summed E-state index contributed by atoms with van der Waals surface area (Å²) < 4.78 is 72.3. The maximum Gasteiger partial charge on any atom is 0.357 e. The number of ether oxygens (including phenoxy) is 12. The van der Waals surface area contributed by atoms with Crippen molar-refractivity contribution >= 4 is 41.6 Å². The molecule has 21 heteroatoms. The molecule has 4 heterocycles. The zero-order valence-electron chi connectivity index (χ0n) is 45.7. The van der Waals surface area contributed by atoms with E-state index in [2.05, 4.69) is 4.98 Å². The number of carbonyl (C=O) groups is 7. The number of cyclic esters (lactones) is 1. The van der Waals surface area contributed by atoms with Crippen LogP contribution in [0.2, 0.25) is 0 Å². The molecule has 0 aliphatic carbocycles. The van der Waals surface area contributed by atoms with Crippen molar-refractivity contribution in [1.82, 2.24) is 9.88 Å². The normalized spacial score (nSPS) is 34.3. The fourth-order valence-electron chi connectivity index (χ4n) is 9.82. The molecule has 0 bridgehead atoms. The molecule has 3 aliphatic rings. The van der Waals surface area contributed by atoms with Gasteiger partial charge in [-0.25, -0.2) is 14.6 Å². The van der Waals surface area contributed by atoms with Gasteiger partial charge in [-0.05, 0) is 78.3 Å². The Kier molecular flexibility index (Phi) is 24.7. The van der Waals surface area contributed by atoms with E-state index in [4.69, 9.17) is 56.8 Å². The summed E-state index contributed by atoms with van der Waals surface area (Å²) in [4.78, 5) is 98.7. The molecule has 0 spiro atoms. The van der Waals surface area contributed by atoms with Gasteiger partial charge >= 0.3 is 35.8 Å². The van der Waals surface area contributed by atoms with Gasteiger partial charge in [0.1, 0.15) is 36.2 Å². The Balaban J connectivity index is 1.88. The summed E-state index contributed by atoms with van der Waals surface area (Å²) in [7, 11) is 7.58. The third kappa shape index (κ3) is 17.8. The maximum absolute atomic E-state index is 14.6. The molecular formula is C54H78N2O19. The molecule has 0 saturated carbocycles. The zero-order chi connectivity index (χ0) is 55.7. The Morgan fingerprint density at radius 3 is 2.00 bits per heavy atom. The first-order chi connectivity index (χ1) is 35.5. The first-order valence-electron chi connectivity index (χ1n) is 25.3. The number of rotatable bonds is 17. The molecule has 0 radical (unpaired) electrons. The molecule has 17 atom stereocenters. The van der Waals surface area contributed by atoms with Gasteiger partial charge in [-0.1, -0.05) is 50.6 Å². The van der Waals surface area contributed by atoms with Gasteiger partial charge in [0.15, 0.2) is 30.6 Å². The predicted molar refractivity (Wildman–Crippen MR) is 267 cm³/mol. The highest BCUT2D eigenvalue weighted by atomic mass is 16.7. The second-order valence-electron chi connectivity index (χ2n) is 19.5. The van der Waals surface area contributed by atoms with E-state index < -0.39 is 146 Å².